The predicted octanol–water partition coefficient (Wildman–Crippen LogP) is 2.05. The Balaban J connectivity index is 1.93. The zero-order valence-electron chi connectivity index (χ0n) is 10.3. The molecule has 1 spiro atoms. The Morgan fingerprint density at radius 1 is 1.00 bits per heavy atom. The fourth-order valence-corrected chi connectivity index (χ4v) is 4.62. The molecule has 0 bridgehead atoms. The van der Waals surface area contributed by atoms with Crippen LogP contribution in [0.25, 0.3) is 0 Å². The van der Waals surface area contributed by atoms with E-state index in [1.807, 2.05) is 0 Å². The van der Waals surface area contributed by atoms with E-state index in [0.717, 1.165) is 19.3 Å². The highest BCUT2D eigenvalue weighted by molar-refractivity contribution is 7.80. The van der Waals surface area contributed by atoms with Gasteiger partial charge in [0, 0.05) is 11.5 Å². The third kappa shape index (κ3) is 1.85. The zero-order chi connectivity index (χ0) is 11.9. The summed E-state index contributed by atoms with van der Waals surface area (Å²) in [5.74, 6) is 0.329. The largest absolute Gasteiger partial charge is 0.371 e. The Kier molecular flexibility index (Phi) is 2.82. The number of fused-ring (bicyclic) bond motifs is 2. The van der Waals surface area contributed by atoms with Crippen LogP contribution >= 0.6 is 12.2 Å². The summed E-state index contributed by atoms with van der Waals surface area (Å²) in [4.78, 5) is 0. The smallest absolute Gasteiger partial charge is 0.168 e. The molecule has 4 heteroatoms. The summed E-state index contributed by atoms with van der Waals surface area (Å²) in [5.41, 5.74) is -0.659. The molecule has 1 heterocycles. The maximum absolute atomic E-state index is 10.8. The van der Waals surface area contributed by atoms with Crippen molar-refractivity contribution < 1.29 is 5.11 Å². The molecule has 3 rings (SSSR count). The van der Waals surface area contributed by atoms with E-state index in [1.54, 1.807) is 0 Å². The van der Waals surface area contributed by atoms with Crippen LogP contribution in [0.3, 0.4) is 0 Å². The Morgan fingerprint density at radius 3 is 2.47 bits per heavy atom. The van der Waals surface area contributed by atoms with Crippen molar-refractivity contribution in [1.29, 1.82) is 0 Å². The lowest BCUT2D eigenvalue weighted by Gasteiger charge is -2.57. The average Bonchev–Trinajstić information content (AvgIpc) is 2.28. The van der Waals surface area contributed by atoms with Crippen molar-refractivity contribution in [2.45, 2.75) is 69.1 Å². The molecule has 96 valence electrons. The van der Waals surface area contributed by atoms with Crippen molar-refractivity contribution >= 4 is 17.3 Å². The van der Waals surface area contributed by atoms with Crippen LogP contribution in [-0.2, 0) is 0 Å². The highest BCUT2D eigenvalue weighted by atomic mass is 32.1. The zero-order valence-corrected chi connectivity index (χ0v) is 11.1. The number of nitrogens with one attached hydrogen (secondary N) is 2. The first-order chi connectivity index (χ1) is 8.15. The Bertz CT molecular complexity index is 327. The fourth-order valence-electron chi connectivity index (χ4n) is 4.24. The van der Waals surface area contributed by atoms with Crippen molar-refractivity contribution in [3.63, 3.8) is 0 Å². The summed E-state index contributed by atoms with van der Waals surface area (Å²) in [7, 11) is 0. The molecule has 17 heavy (non-hydrogen) atoms. The second-order valence-corrected chi connectivity index (χ2v) is 6.43. The van der Waals surface area contributed by atoms with Crippen molar-refractivity contribution in [2.24, 2.45) is 5.92 Å². The van der Waals surface area contributed by atoms with Crippen molar-refractivity contribution in [3.05, 3.63) is 0 Å². The van der Waals surface area contributed by atoms with Crippen LogP contribution in [0.15, 0.2) is 0 Å². The maximum Gasteiger partial charge on any atom is 0.168 e. The Morgan fingerprint density at radius 2 is 1.71 bits per heavy atom. The number of aliphatic hydroxyl groups is 1. The maximum atomic E-state index is 10.8. The van der Waals surface area contributed by atoms with E-state index in [-0.39, 0.29) is 5.54 Å². The van der Waals surface area contributed by atoms with Gasteiger partial charge in [0.25, 0.3) is 0 Å². The summed E-state index contributed by atoms with van der Waals surface area (Å²) in [5, 5.41) is 18.2. The predicted molar refractivity (Wildman–Crippen MR) is 71.6 cm³/mol. The Labute approximate surface area is 108 Å². The lowest BCUT2D eigenvalue weighted by molar-refractivity contribution is -0.113. The minimum absolute atomic E-state index is 0.0791. The number of hydrogen-bond donors (Lipinski definition) is 3. The lowest BCUT2D eigenvalue weighted by atomic mass is 9.63. The molecule has 1 aliphatic heterocycles. The molecular formula is C13H22N2OS. The topological polar surface area (TPSA) is 44.3 Å². The first-order valence-corrected chi connectivity index (χ1v) is 7.38. The van der Waals surface area contributed by atoms with Crippen LogP contribution in [0.1, 0.15) is 57.8 Å². The molecule has 1 saturated heterocycles. The van der Waals surface area contributed by atoms with Crippen LogP contribution in [-0.4, -0.2) is 21.5 Å². The van der Waals surface area contributed by atoms with Gasteiger partial charge in [0.2, 0.25) is 0 Å². The van der Waals surface area contributed by atoms with Gasteiger partial charge in [-0.2, -0.15) is 0 Å². The van der Waals surface area contributed by atoms with Gasteiger partial charge in [-0.15, -0.1) is 0 Å². The molecule has 0 aromatic heterocycles. The third-order valence-electron chi connectivity index (χ3n) is 4.98. The van der Waals surface area contributed by atoms with E-state index in [0.29, 0.717) is 11.0 Å². The van der Waals surface area contributed by atoms with Gasteiger partial charge in [-0.25, -0.2) is 0 Å². The molecule has 3 nitrogen and oxygen atoms in total. The fraction of sp³-hybridized carbons (Fsp3) is 0.923. The monoisotopic (exact) mass is 254 g/mol. The van der Waals surface area contributed by atoms with Crippen LogP contribution in [0.2, 0.25) is 0 Å². The van der Waals surface area contributed by atoms with Gasteiger partial charge >= 0.3 is 0 Å². The van der Waals surface area contributed by atoms with E-state index >= 15 is 0 Å². The highest BCUT2D eigenvalue weighted by Gasteiger charge is 2.55. The first kappa shape index (κ1) is 11.7. The Hall–Kier alpha value is -0.350. The molecule has 0 unspecified atom stereocenters. The minimum atomic E-state index is -0.738. The number of thiocarbonyl (C=S) groups is 1. The second kappa shape index (κ2) is 4.09. The van der Waals surface area contributed by atoms with Gasteiger partial charge in [0.1, 0.15) is 5.72 Å². The van der Waals surface area contributed by atoms with E-state index in [9.17, 15) is 5.11 Å². The standard InChI is InChI=1S/C13H22N2OS/c16-13-9-5-2-6-10(13)12(14-11(17)15-13)7-3-1-4-8-12/h10,16H,1-9H2,(H2,14,15,17)/t10-,13+/m0/s1. The van der Waals surface area contributed by atoms with Gasteiger partial charge in [0.15, 0.2) is 5.11 Å². The SMILES string of the molecule is O[C@]12CCCC[C@H]1C1(CCCCC1)NC(=S)N2. The molecule has 0 aromatic rings. The molecule has 0 radical (unpaired) electrons. The molecular weight excluding hydrogens is 232 g/mol. The summed E-state index contributed by atoms with van der Waals surface area (Å²) < 4.78 is 0. The van der Waals surface area contributed by atoms with Gasteiger partial charge in [-0.3, -0.25) is 0 Å². The quantitative estimate of drug-likeness (QED) is 0.579. The van der Waals surface area contributed by atoms with Crippen LogP contribution < -0.4 is 10.6 Å². The molecule has 3 aliphatic rings. The van der Waals surface area contributed by atoms with Crippen LogP contribution in [0.5, 0.6) is 0 Å². The van der Waals surface area contributed by atoms with Gasteiger partial charge in [-0.1, -0.05) is 25.7 Å². The summed E-state index contributed by atoms with van der Waals surface area (Å²) in [6.45, 7) is 0. The third-order valence-corrected chi connectivity index (χ3v) is 5.19. The van der Waals surface area contributed by atoms with Gasteiger partial charge in [0.05, 0.1) is 0 Å². The molecule has 2 atom stereocenters. The van der Waals surface area contributed by atoms with Crippen molar-refractivity contribution in [3.8, 4) is 0 Å². The number of rotatable bonds is 0. The molecule has 2 aliphatic carbocycles. The van der Waals surface area contributed by atoms with E-state index in [4.69, 9.17) is 12.2 Å². The number of hydrogen-bond acceptors (Lipinski definition) is 2. The molecule has 3 fully saturated rings. The van der Waals surface area contributed by atoms with Crippen LogP contribution in [0, 0.1) is 5.92 Å². The highest BCUT2D eigenvalue weighted by Crippen LogP contribution is 2.47. The minimum Gasteiger partial charge on any atom is -0.371 e. The van der Waals surface area contributed by atoms with E-state index < -0.39 is 5.72 Å². The first-order valence-electron chi connectivity index (χ1n) is 6.97. The van der Waals surface area contributed by atoms with E-state index in [1.165, 1.54) is 38.5 Å². The van der Waals surface area contributed by atoms with Crippen LogP contribution in [0.4, 0.5) is 0 Å². The lowest BCUT2D eigenvalue weighted by Crippen LogP contribution is -2.74. The van der Waals surface area contributed by atoms with Crippen molar-refractivity contribution in [2.75, 3.05) is 0 Å². The van der Waals surface area contributed by atoms with Gasteiger partial charge in [-0.05, 0) is 44.3 Å². The summed E-state index contributed by atoms with van der Waals surface area (Å²) in [6.07, 6.45) is 10.5. The molecule has 3 N–H and O–H groups in total. The normalized spacial score (nSPS) is 40.3. The van der Waals surface area contributed by atoms with Crippen molar-refractivity contribution in [1.82, 2.24) is 10.6 Å². The van der Waals surface area contributed by atoms with E-state index in [2.05, 4.69) is 10.6 Å². The molecule has 2 saturated carbocycles. The van der Waals surface area contributed by atoms with Gasteiger partial charge < -0.3 is 15.7 Å². The summed E-state index contributed by atoms with van der Waals surface area (Å²) in [6, 6.07) is 0. The second-order valence-electron chi connectivity index (χ2n) is 6.02. The molecule has 0 amide bonds. The average molecular weight is 254 g/mol. The molecule has 0 aromatic carbocycles. The summed E-state index contributed by atoms with van der Waals surface area (Å²) >= 11 is 5.32.